The van der Waals surface area contributed by atoms with Gasteiger partial charge in [-0.05, 0) is 44.0 Å². The number of carbonyl (C=O) groups is 1. The Labute approximate surface area is 147 Å². The zero-order chi connectivity index (χ0) is 17.4. The Morgan fingerprint density at radius 2 is 1.92 bits per heavy atom. The average molecular weight is 340 g/mol. The maximum atomic E-state index is 12.6. The molecule has 0 spiro atoms. The smallest absolute Gasteiger partial charge is 0.246 e. The molecular weight excluding hydrogens is 316 g/mol. The molecule has 2 aromatic rings. The number of tetrazole rings is 1. The summed E-state index contributed by atoms with van der Waals surface area (Å²) in [5, 5.41) is 12.5. The number of carbonyl (C=O) groups excluding carboxylic acids is 1. The van der Waals surface area contributed by atoms with Gasteiger partial charge in [0, 0.05) is 25.2 Å². The number of rotatable bonds is 3. The fourth-order valence-corrected chi connectivity index (χ4v) is 3.90. The highest BCUT2D eigenvalue weighted by molar-refractivity contribution is 5.76. The van der Waals surface area contributed by atoms with Gasteiger partial charge in [-0.3, -0.25) is 4.79 Å². The third-order valence-corrected chi connectivity index (χ3v) is 5.40. The zero-order valence-electron chi connectivity index (χ0n) is 14.8. The SMILES string of the molecule is Cc1ccc(-c2nnn(CC(=O)N3CC4CCN(C)CC4C3)n2)cc1. The van der Waals surface area contributed by atoms with Gasteiger partial charge in [-0.1, -0.05) is 29.8 Å². The molecule has 4 rings (SSSR count). The summed E-state index contributed by atoms with van der Waals surface area (Å²) in [6.45, 7) is 6.15. The largest absolute Gasteiger partial charge is 0.340 e. The van der Waals surface area contributed by atoms with Crippen LogP contribution in [0.15, 0.2) is 24.3 Å². The first-order chi connectivity index (χ1) is 12.1. The second-order valence-corrected chi connectivity index (χ2v) is 7.38. The number of hydrogen-bond donors (Lipinski definition) is 0. The summed E-state index contributed by atoms with van der Waals surface area (Å²) in [7, 11) is 2.16. The summed E-state index contributed by atoms with van der Waals surface area (Å²) < 4.78 is 0. The van der Waals surface area contributed by atoms with E-state index < -0.39 is 0 Å². The van der Waals surface area contributed by atoms with Gasteiger partial charge in [0.05, 0.1) is 0 Å². The Bertz CT molecular complexity index is 755. The lowest BCUT2D eigenvalue weighted by Crippen LogP contribution is -2.37. The topological polar surface area (TPSA) is 67.2 Å². The second-order valence-electron chi connectivity index (χ2n) is 7.38. The van der Waals surface area contributed by atoms with Crippen LogP contribution >= 0.6 is 0 Å². The molecule has 2 fully saturated rings. The number of hydrogen-bond acceptors (Lipinski definition) is 5. The molecular formula is C18H24N6O. The summed E-state index contributed by atoms with van der Waals surface area (Å²) in [6.07, 6.45) is 1.18. The van der Waals surface area contributed by atoms with Crippen LogP contribution in [0.4, 0.5) is 0 Å². The van der Waals surface area contributed by atoms with Crippen molar-refractivity contribution in [1.82, 2.24) is 30.0 Å². The van der Waals surface area contributed by atoms with E-state index in [1.807, 2.05) is 36.1 Å². The quantitative estimate of drug-likeness (QED) is 0.836. The van der Waals surface area contributed by atoms with Gasteiger partial charge in [-0.15, -0.1) is 10.2 Å². The molecule has 2 unspecified atom stereocenters. The van der Waals surface area contributed by atoms with Gasteiger partial charge in [0.15, 0.2) is 0 Å². The standard InChI is InChI=1S/C18H24N6O/c1-13-3-5-14(6-4-13)18-19-21-24(20-18)12-17(25)23-10-15-7-8-22(2)9-16(15)11-23/h3-6,15-16H,7-12H2,1-2H3. The van der Waals surface area contributed by atoms with Gasteiger partial charge < -0.3 is 9.80 Å². The van der Waals surface area contributed by atoms with Crippen LogP contribution in [0.3, 0.4) is 0 Å². The van der Waals surface area contributed by atoms with Gasteiger partial charge in [0.25, 0.3) is 0 Å². The van der Waals surface area contributed by atoms with E-state index >= 15 is 0 Å². The molecule has 0 radical (unpaired) electrons. The van der Waals surface area contributed by atoms with E-state index in [4.69, 9.17) is 0 Å². The van der Waals surface area contributed by atoms with Crippen molar-refractivity contribution in [1.29, 1.82) is 0 Å². The molecule has 1 aromatic heterocycles. The predicted octanol–water partition coefficient (Wildman–Crippen LogP) is 1.06. The van der Waals surface area contributed by atoms with Crippen LogP contribution in [0.2, 0.25) is 0 Å². The fraction of sp³-hybridized carbons (Fsp3) is 0.556. The van der Waals surface area contributed by atoms with Crippen LogP contribution in [-0.2, 0) is 11.3 Å². The van der Waals surface area contributed by atoms with Crippen LogP contribution in [0.1, 0.15) is 12.0 Å². The lowest BCUT2D eigenvalue weighted by molar-refractivity contribution is -0.131. The number of aromatic nitrogens is 4. The monoisotopic (exact) mass is 340 g/mol. The fourth-order valence-electron chi connectivity index (χ4n) is 3.90. The van der Waals surface area contributed by atoms with Gasteiger partial charge in [0.1, 0.15) is 6.54 Å². The van der Waals surface area contributed by atoms with Crippen molar-refractivity contribution in [3.63, 3.8) is 0 Å². The number of benzene rings is 1. The lowest BCUT2D eigenvalue weighted by Gasteiger charge is -2.31. The van der Waals surface area contributed by atoms with E-state index in [0.717, 1.165) is 31.7 Å². The number of aryl methyl sites for hydroxylation is 1. The van der Waals surface area contributed by atoms with E-state index in [1.54, 1.807) is 0 Å². The van der Waals surface area contributed by atoms with E-state index in [9.17, 15) is 4.79 Å². The molecule has 7 heteroatoms. The van der Waals surface area contributed by atoms with Crippen molar-refractivity contribution in [2.24, 2.45) is 11.8 Å². The molecule has 1 aromatic carbocycles. The van der Waals surface area contributed by atoms with Crippen LogP contribution in [0, 0.1) is 18.8 Å². The number of amides is 1. The Hall–Kier alpha value is -2.28. The summed E-state index contributed by atoms with van der Waals surface area (Å²) >= 11 is 0. The number of likely N-dealkylation sites (tertiary alicyclic amines) is 2. The van der Waals surface area contributed by atoms with E-state index in [-0.39, 0.29) is 12.5 Å². The Kier molecular flexibility index (Phi) is 4.25. The normalized spacial score (nSPS) is 23.7. The highest BCUT2D eigenvalue weighted by Gasteiger charge is 2.38. The molecule has 0 saturated carbocycles. The van der Waals surface area contributed by atoms with E-state index in [1.165, 1.54) is 16.8 Å². The Morgan fingerprint density at radius 3 is 2.72 bits per heavy atom. The van der Waals surface area contributed by atoms with Gasteiger partial charge >= 0.3 is 0 Å². The van der Waals surface area contributed by atoms with Crippen molar-refractivity contribution in [2.45, 2.75) is 19.9 Å². The molecule has 0 bridgehead atoms. The molecule has 2 aliphatic rings. The van der Waals surface area contributed by atoms with E-state index in [0.29, 0.717) is 17.7 Å². The Balaban J connectivity index is 1.39. The van der Waals surface area contributed by atoms with E-state index in [2.05, 4.69) is 27.4 Å². The first kappa shape index (κ1) is 16.2. The van der Waals surface area contributed by atoms with Crippen LogP contribution in [0.25, 0.3) is 11.4 Å². The summed E-state index contributed by atoms with van der Waals surface area (Å²) in [5.41, 5.74) is 2.10. The van der Waals surface area contributed by atoms with Gasteiger partial charge in [0.2, 0.25) is 11.7 Å². The minimum Gasteiger partial charge on any atom is -0.340 e. The van der Waals surface area contributed by atoms with Gasteiger partial charge in [-0.25, -0.2) is 0 Å². The molecule has 0 aliphatic carbocycles. The number of piperidine rings is 1. The van der Waals surface area contributed by atoms with Gasteiger partial charge in [-0.2, -0.15) is 4.80 Å². The molecule has 2 saturated heterocycles. The summed E-state index contributed by atoms with van der Waals surface area (Å²) in [4.78, 5) is 18.4. The van der Waals surface area contributed by atoms with Crippen LogP contribution < -0.4 is 0 Å². The summed E-state index contributed by atoms with van der Waals surface area (Å²) in [6, 6.07) is 7.98. The summed E-state index contributed by atoms with van der Waals surface area (Å²) in [5.74, 6) is 1.90. The van der Waals surface area contributed by atoms with Crippen molar-refractivity contribution in [2.75, 3.05) is 33.2 Å². The average Bonchev–Trinajstić information content (AvgIpc) is 3.22. The van der Waals surface area contributed by atoms with Crippen LogP contribution in [0.5, 0.6) is 0 Å². The van der Waals surface area contributed by atoms with Crippen molar-refractivity contribution in [3.05, 3.63) is 29.8 Å². The third-order valence-electron chi connectivity index (χ3n) is 5.40. The maximum Gasteiger partial charge on any atom is 0.246 e. The molecule has 1 amide bonds. The molecule has 132 valence electrons. The second kappa shape index (κ2) is 6.55. The molecule has 25 heavy (non-hydrogen) atoms. The zero-order valence-corrected chi connectivity index (χ0v) is 14.8. The minimum absolute atomic E-state index is 0.0879. The predicted molar refractivity (Wildman–Crippen MR) is 93.7 cm³/mol. The van der Waals surface area contributed by atoms with Crippen molar-refractivity contribution in [3.8, 4) is 11.4 Å². The molecule has 0 N–H and O–H groups in total. The molecule has 3 heterocycles. The first-order valence-corrected chi connectivity index (χ1v) is 8.89. The Morgan fingerprint density at radius 1 is 1.16 bits per heavy atom. The molecule has 7 nitrogen and oxygen atoms in total. The first-order valence-electron chi connectivity index (χ1n) is 8.89. The highest BCUT2D eigenvalue weighted by Crippen LogP contribution is 2.30. The maximum absolute atomic E-state index is 12.6. The lowest BCUT2D eigenvalue weighted by atomic mass is 9.89. The number of nitrogens with zero attached hydrogens (tertiary/aromatic N) is 6. The molecule has 2 atom stereocenters. The van der Waals surface area contributed by atoms with Crippen molar-refractivity contribution < 1.29 is 4.79 Å². The third kappa shape index (κ3) is 3.42. The minimum atomic E-state index is 0.0879. The number of fused-ring (bicyclic) bond motifs is 1. The molecule has 2 aliphatic heterocycles. The van der Waals surface area contributed by atoms with Crippen LogP contribution in [-0.4, -0.2) is 69.1 Å². The van der Waals surface area contributed by atoms with Crippen molar-refractivity contribution >= 4 is 5.91 Å². The highest BCUT2D eigenvalue weighted by atomic mass is 16.2.